The summed E-state index contributed by atoms with van der Waals surface area (Å²) in [5, 5.41) is 0. The fourth-order valence-electron chi connectivity index (χ4n) is 1.62. The van der Waals surface area contributed by atoms with E-state index in [-0.39, 0.29) is 17.9 Å². The van der Waals surface area contributed by atoms with Gasteiger partial charge in [0.25, 0.3) is 5.97 Å². The van der Waals surface area contributed by atoms with Crippen LogP contribution in [-0.2, 0) is 9.53 Å². The Kier molecular flexibility index (Phi) is 5.15. The molecule has 118 valence electrons. The maximum absolute atomic E-state index is 13.0. The third-order valence-electron chi connectivity index (χ3n) is 2.36. The Bertz CT molecular complexity index is 483. The van der Waals surface area contributed by atoms with Crippen LogP contribution in [0.3, 0.4) is 0 Å². The highest BCUT2D eigenvalue weighted by Crippen LogP contribution is 2.36. The second kappa shape index (κ2) is 6.29. The topological polar surface area (TPSA) is 114 Å². The highest BCUT2D eigenvalue weighted by Gasteiger charge is 2.47. The van der Waals surface area contributed by atoms with Gasteiger partial charge in [-0.2, -0.15) is 13.2 Å². The molecule has 0 aliphatic carbocycles. The van der Waals surface area contributed by atoms with Crippen molar-refractivity contribution in [2.75, 3.05) is 6.61 Å². The summed E-state index contributed by atoms with van der Waals surface area (Å²) in [4.78, 5) is 11.5. The van der Waals surface area contributed by atoms with Crippen LogP contribution in [0.25, 0.3) is 0 Å². The van der Waals surface area contributed by atoms with Crippen LogP contribution in [0.2, 0.25) is 0 Å². The van der Waals surface area contributed by atoms with Crippen molar-refractivity contribution in [3.8, 4) is 5.75 Å². The molecule has 0 radical (unpaired) electrons. The number of carbonyl (C=O) groups excluding carboxylic acids is 1. The van der Waals surface area contributed by atoms with Gasteiger partial charge in [0.1, 0.15) is 5.75 Å². The smallest absolute Gasteiger partial charge is 0.406 e. The zero-order valence-electron chi connectivity index (χ0n) is 11.2. The molecule has 21 heavy (non-hydrogen) atoms. The molecule has 1 aromatic carbocycles. The van der Waals surface area contributed by atoms with Gasteiger partial charge in [-0.3, -0.25) is 22.0 Å². The van der Waals surface area contributed by atoms with Gasteiger partial charge >= 0.3 is 12.1 Å². The van der Waals surface area contributed by atoms with Gasteiger partial charge in [-0.1, -0.05) is 12.1 Å². The molecule has 1 aromatic rings. The first kappa shape index (κ1) is 17.2. The maximum atomic E-state index is 13.0. The van der Waals surface area contributed by atoms with Crippen LogP contribution >= 0.6 is 0 Å². The third-order valence-corrected chi connectivity index (χ3v) is 2.36. The van der Waals surface area contributed by atoms with E-state index in [0.29, 0.717) is 0 Å². The Morgan fingerprint density at radius 2 is 1.71 bits per heavy atom. The van der Waals surface area contributed by atoms with Crippen molar-refractivity contribution < 1.29 is 27.4 Å². The van der Waals surface area contributed by atoms with Crippen molar-refractivity contribution in [3.05, 3.63) is 29.8 Å². The molecule has 9 heteroatoms. The average Bonchev–Trinajstić information content (AvgIpc) is 2.28. The molecule has 1 rings (SSSR count). The minimum atomic E-state index is -4.77. The molecule has 0 aromatic heterocycles. The standard InChI is InChI=1S/C12H16F3N3O3/c1-2-20-10(19)9(11(13,14)15)7-3-5-8(6-4-7)21-12(16,17)18/h3-6,9H,2,16-18H2,1H3. The molecule has 0 amide bonds. The van der Waals surface area contributed by atoms with Gasteiger partial charge in [0, 0.05) is 0 Å². The van der Waals surface area contributed by atoms with E-state index in [2.05, 4.69) is 4.74 Å². The fraction of sp³-hybridized carbons (Fsp3) is 0.417. The van der Waals surface area contributed by atoms with E-state index >= 15 is 0 Å². The average molecular weight is 307 g/mol. The summed E-state index contributed by atoms with van der Waals surface area (Å²) in [6, 6.07) is 4.48. The number of rotatable bonds is 5. The molecule has 6 N–H and O–H groups in total. The van der Waals surface area contributed by atoms with Gasteiger partial charge in [-0.05, 0) is 24.6 Å². The predicted molar refractivity (Wildman–Crippen MR) is 67.8 cm³/mol. The molecule has 6 nitrogen and oxygen atoms in total. The summed E-state index contributed by atoms with van der Waals surface area (Å²) < 4.78 is 48.2. The Morgan fingerprint density at radius 1 is 1.19 bits per heavy atom. The highest BCUT2D eigenvalue weighted by molar-refractivity contribution is 5.79. The number of benzene rings is 1. The summed E-state index contributed by atoms with van der Waals surface area (Å²) >= 11 is 0. The molecule has 0 saturated carbocycles. The maximum Gasteiger partial charge on any atom is 0.406 e. The van der Waals surface area contributed by atoms with Crippen LogP contribution in [-0.4, -0.2) is 24.7 Å². The Morgan fingerprint density at radius 3 is 2.10 bits per heavy atom. The van der Waals surface area contributed by atoms with Crippen LogP contribution in [0.1, 0.15) is 18.4 Å². The zero-order valence-corrected chi connectivity index (χ0v) is 11.2. The fourth-order valence-corrected chi connectivity index (χ4v) is 1.62. The summed E-state index contributed by atoms with van der Waals surface area (Å²) in [5.74, 6) is -5.63. The quantitative estimate of drug-likeness (QED) is 0.547. The minimum absolute atomic E-state index is 0.0658. The van der Waals surface area contributed by atoms with Crippen molar-refractivity contribution >= 4 is 5.97 Å². The number of esters is 1. The third kappa shape index (κ3) is 5.21. The lowest BCUT2D eigenvalue weighted by Gasteiger charge is -2.22. The zero-order chi connectivity index (χ0) is 16.3. The summed E-state index contributed by atoms with van der Waals surface area (Å²) in [6.45, 7) is 1.27. The van der Waals surface area contributed by atoms with Gasteiger partial charge in [-0.15, -0.1) is 0 Å². The van der Waals surface area contributed by atoms with Crippen molar-refractivity contribution in [3.63, 3.8) is 0 Å². The van der Waals surface area contributed by atoms with Gasteiger partial charge in [0.05, 0.1) is 6.61 Å². The van der Waals surface area contributed by atoms with Gasteiger partial charge < -0.3 is 9.47 Å². The van der Waals surface area contributed by atoms with E-state index in [0.717, 1.165) is 12.1 Å². The van der Waals surface area contributed by atoms with E-state index in [1.165, 1.54) is 19.1 Å². The Labute approximate surface area is 119 Å². The van der Waals surface area contributed by atoms with E-state index in [1.807, 2.05) is 0 Å². The molecule has 1 unspecified atom stereocenters. The molecular formula is C12H16F3N3O3. The van der Waals surface area contributed by atoms with Crippen LogP contribution in [0.15, 0.2) is 24.3 Å². The number of halogens is 3. The van der Waals surface area contributed by atoms with Crippen LogP contribution in [0, 0.1) is 0 Å². The molecule has 0 bridgehead atoms. The molecule has 1 atom stereocenters. The molecule has 0 spiro atoms. The van der Waals surface area contributed by atoms with Crippen LogP contribution in [0.4, 0.5) is 13.2 Å². The van der Waals surface area contributed by atoms with Gasteiger partial charge in [-0.25, -0.2) is 0 Å². The second-order valence-corrected chi connectivity index (χ2v) is 4.25. The number of hydrogen-bond donors (Lipinski definition) is 3. The normalized spacial score (nSPS) is 13.7. The molecule has 0 heterocycles. The first-order valence-corrected chi connectivity index (χ1v) is 5.93. The molecule has 0 fully saturated rings. The number of carbonyl (C=O) groups is 1. The van der Waals surface area contributed by atoms with E-state index in [9.17, 15) is 18.0 Å². The number of ether oxygens (including phenoxy) is 2. The summed E-state index contributed by atoms with van der Waals surface area (Å²) in [6.07, 6.45) is -4.77. The van der Waals surface area contributed by atoms with Crippen molar-refractivity contribution in [2.45, 2.75) is 25.0 Å². The van der Waals surface area contributed by atoms with Crippen molar-refractivity contribution in [2.24, 2.45) is 17.2 Å². The van der Waals surface area contributed by atoms with Crippen molar-refractivity contribution in [1.29, 1.82) is 0 Å². The molecule has 0 saturated heterocycles. The van der Waals surface area contributed by atoms with E-state index < -0.39 is 24.0 Å². The van der Waals surface area contributed by atoms with Crippen LogP contribution < -0.4 is 21.9 Å². The first-order valence-electron chi connectivity index (χ1n) is 5.93. The van der Waals surface area contributed by atoms with E-state index in [4.69, 9.17) is 21.9 Å². The second-order valence-electron chi connectivity index (χ2n) is 4.25. The highest BCUT2D eigenvalue weighted by atomic mass is 19.4. The lowest BCUT2D eigenvalue weighted by atomic mass is 9.98. The molecular weight excluding hydrogens is 291 g/mol. The SMILES string of the molecule is CCOC(=O)C(c1ccc(OC(N)(N)N)cc1)C(F)(F)F. The first-order chi connectivity index (χ1) is 9.54. The monoisotopic (exact) mass is 307 g/mol. The van der Waals surface area contributed by atoms with Crippen molar-refractivity contribution in [1.82, 2.24) is 0 Å². The number of hydrogen-bond acceptors (Lipinski definition) is 6. The Balaban J connectivity index is 3.02. The van der Waals surface area contributed by atoms with Crippen LogP contribution in [0.5, 0.6) is 5.75 Å². The number of nitrogens with two attached hydrogens (primary N) is 3. The molecule has 0 aliphatic rings. The van der Waals surface area contributed by atoms with Gasteiger partial charge in [0.15, 0.2) is 5.92 Å². The Hall–Kier alpha value is -1.84. The predicted octanol–water partition coefficient (Wildman–Crippen LogP) is 0.762. The lowest BCUT2D eigenvalue weighted by Crippen LogP contribution is -2.62. The minimum Gasteiger partial charge on any atom is -0.465 e. The largest absolute Gasteiger partial charge is 0.465 e. The summed E-state index contributed by atoms with van der Waals surface area (Å²) in [7, 11) is 0. The molecule has 0 aliphatic heterocycles. The summed E-state index contributed by atoms with van der Waals surface area (Å²) in [5.41, 5.74) is 15.3. The number of alkyl halides is 3. The van der Waals surface area contributed by atoms with E-state index in [1.54, 1.807) is 0 Å². The van der Waals surface area contributed by atoms with Gasteiger partial charge in [0.2, 0.25) is 0 Å². The lowest BCUT2D eigenvalue weighted by molar-refractivity contribution is -0.180.